The van der Waals surface area contributed by atoms with Gasteiger partial charge in [-0.15, -0.1) is 0 Å². The van der Waals surface area contributed by atoms with Crippen LogP contribution in [-0.4, -0.2) is 87.5 Å². The molecule has 1 heterocycles. The van der Waals surface area contributed by atoms with Gasteiger partial charge in [0.15, 0.2) is 6.29 Å². The van der Waals surface area contributed by atoms with Crippen molar-refractivity contribution in [3.8, 4) is 0 Å². The van der Waals surface area contributed by atoms with Crippen LogP contribution in [0.25, 0.3) is 0 Å². The zero-order valence-corrected chi connectivity index (χ0v) is 28.6. The summed E-state index contributed by atoms with van der Waals surface area (Å²) in [5.74, 6) is -0.182. The van der Waals surface area contributed by atoms with Gasteiger partial charge in [-0.05, 0) is 19.3 Å². The first-order valence-corrected chi connectivity index (χ1v) is 18.4. The molecule has 266 valence electrons. The van der Waals surface area contributed by atoms with E-state index in [0.29, 0.717) is 6.42 Å². The van der Waals surface area contributed by atoms with E-state index in [1.54, 1.807) is 6.08 Å². The quantitative estimate of drug-likeness (QED) is 0.0441. The van der Waals surface area contributed by atoms with E-state index >= 15 is 0 Å². The minimum absolute atomic E-state index is 0.182. The molecule has 0 saturated carbocycles. The van der Waals surface area contributed by atoms with Crippen LogP contribution in [0, 0.1) is 0 Å². The molecule has 9 nitrogen and oxygen atoms in total. The van der Waals surface area contributed by atoms with E-state index in [0.717, 1.165) is 38.5 Å². The number of nitrogens with one attached hydrogen (secondary N) is 1. The molecule has 1 saturated heterocycles. The van der Waals surface area contributed by atoms with Gasteiger partial charge in [0.2, 0.25) is 5.91 Å². The van der Waals surface area contributed by atoms with E-state index in [-0.39, 0.29) is 12.5 Å². The first-order chi connectivity index (χ1) is 21.8. The van der Waals surface area contributed by atoms with Crippen molar-refractivity contribution >= 4 is 5.91 Å². The fraction of sp³-hybridized carbons (Fsp3) is 0.917. The highest BCUT2D eigenvalue weighted by molar-refractivity contribution is 5.76. The molecule has 1 fully saturated rings. The second-order valence-corrected chi connectivity index (χ2v) is 13.0. The topological polar surface area (TPSA) is 149 Å². The Morgan fingerprint density at radius 1 is 0.733 bits per heavy atom. The Labute approximate surface area is 274 Å². The van der Waals surface area contributed by atoms with Crippen LogP contribution in [0.15, 0.2) is 12.2 Å². The number of unbranched alkanes of at least 4 members (excludes halogenated alkanes) is 19. The van der Waals surface area contributed by atoms with Gasteiger partial charge in [0.05, 0.1) is 25.4 Å². The molecule has 0 bridgehead atoms. The Morgan fingerprint density at radius 2 is 1.22 bits per heavy atom. The van der Waals surface area contributed by atoms with Gasteiger partial charge in [-0.2, -0.15) is 0 Å². The van der Waals surface area contributed by atoms with Gasteiger partial charge in [0, 0.05) is 6.42 Å². The number of hydrogen-bond acceptors (Lipinski definition) is 8. The van der Waals surface area contributed by atoms with Crippen molar-refractivity contribution in [1.82, 2.24) is 5.32 Å². The van der Waals surface area contributed by atoms with E-state index in [4.69, 9.17) is 9.47 Å². The summed E-state index contributed by atoms with van der Waals surface area (Å²) >= 11 is 0. The number of rotatable bonds is 29. The molecular weight excluding hydrogens is 574 g/mol. The normalized spacial score (nSPS) is 23.4. The van der Waals surface area contributed by atoms with Crippen LogP contribution in [0.1, 0.15) is 155 Å². The molecule has 0 aromatic heterocycles. The Morgan fingerprint density at radius 3 is 1.73 bits per heavy atom. The number of ether oxygens (including phenoxy) is 2. The van der Waals surface area contributed by atoms with Crippen molar-refractivity contribution in [2.24, 2.45) is 0 Å². The third-order valence-electron chi connectivity index (χ3n) is 8.86. The Kier molecular flexibility index (Phi) is 26.1. The SMILES string of the molecule is CCCCCCCCCCCCC/C=C/[C@@H](O)[C@H](CO[C@@H]1OC(CO)[C@H](O)C(O)C1O)NC(=O)CCCCCCCCCCC. The summed E-state index contributed by atoms with van der Waals surface area (Å²) in [6, 6.07) is -0.794. The van der Waals surface area contributed by atoms with Gasteiger partial charge in [-0.25, -0.2) is 0 Å². The van der Waals surface area contributed by atoms with Gasteiger partial charge in [-0.1, -0.05) is 142 Å². The summed E-state index contributed by atoms with van der Waals surface area (Å²) in [7, 11) is 0. The molecule has 0 aliphatic carbocycles. The van der Waals surface area contributed by atoms with E-state index in [9.17, 15) is 30.3 Å². The first-order valence-electron chi connectivity index (χ1n) is 18.4. The lowest BCUT2D eigenvalue weighted by atomic mass is 9.99. The average molecular weight is 644 g/mol. The van der Waals surface area contributed by atoms with Crippen molar-refractivity contribution in [1.29, 1.82) is 0 Å². The van der Waals surface area contributed by atoms with Crippen LogP contribution >= 0.6 is 0 Å². The maximum Gasteiger partial charge on any atom is 0.220 e. The van der Waals surface area contributed by atoms with Gasteiger partial charge >= 0.3 is 0 Å². The summed E-state index contributed by atoms with van der Waals surface area (Å²) in [4.78, 5) is 12.8. The second kappa shape index (κ2) is 28.0. The molecule has 1 aliphatic heterocycles. The van der Waals surface area contributed by atoms with Crippen LogP contribution in [0.4, 0.5) is 0 Å². The summed E-state index contributed by atoms with van der Waals surface area (Å²) in [6.07, 6.45) is 21.1. The number of carbonyl (C=O) groups excluding carboxylic acids is 1. The number of allylic oxidation sites excluding steroid dienone is 1. The highest BCUT2D eigenvalue weighted by Gasteiger charge is 2.44. The summed E-state index contributed by atoms with van der Waals surface area (Å²) < 4.78 is 11.1. The van der Waals surface area contributed by atoms with Crippen molar-refractivity contribution in [2.45, 2.75) is 198 Å². The van der Waals surface area contributed by atoms with Gasteiger partial charge < -0.3 is 40.3 Å². The lowest BCUT2D eigenvalue weighted by molar-refractivity contribution is -0.302. The lowest BCUT2D eigenvalue weighted by Crippen LogP contribution is -2.60. The molecule has 9 heteroatoms. The van der Waals surface area contributed by atoms with Gasteiger partial charge in [0.25, 0.3) is 0 Å². The predicted molar refractivity (Wildman–Crippen MR) is 180 cm³/mol. The molecule has 7 atom stereocenters. The Bertz CT molecular complexity index is 721. The second-order valence-electron chi connectivity index (χ2n) is 13.0. The van der Waals surface area contributed by atoms with Crippen molar-refractivity contribution in [2.75, 3.05) is 13.2 Å². The zero-order chi connectivity index (χ0) is 33.1. The molecule has 1 rings (SSSR count). The molecular formula is C36H69NO8. The van der Waals surface area contributed by atoms with Crippen LogP contribution < -0.4 is 5.32 Å². The molecule has 0 spiro atoms. The average Bonchev–Trinajstić information content (AvgIpc) is 3.04. The Hall–Kier alpha value is -1.07. The number of carbonyl (C=O) groups is 1. The molecule has 0 aromatic rings. The molecule has 0 radical (unpaired) electrons. The van der Waals surface area contributed by atoms with Crippen molar-refractivity contribution in [3.63, 3.8) is 0 Å². The lowest BCUT2D eigenvalue weighted by Gasteiger charge is -2.40. The third-order valence-corrected chi connectivity index (χ3v) is 8.86. The third kappa shape index (κ3) is 20.0. The van der Waals surface area contributed by atoms with Crippen LogP contribution in [-0.2, 0) is 14.3 Å². The predicted octanol–water partition coefficient (Wildman–Crippen LogP) is 5.83. The summed E-state index contributed by atoms with van der Waals surface area (Å²) in [5, 5.41) is 53.7. The Balaban J connectivity index is 2.49. The monoisotopic (exact) mass is 644 g/mol. The standard InChI is InChI=1S/C36H69NO8/c1-3-5-7-9-11-13-14-15-16-18-19-21-23-25-30(39)29(28-44-36-35(43)34(42)33(41)31(27-38)45-36)37-32(40)26-24-22-20-17-12-10-8-6-4-2/h23,25,29-31,33-36,38-39,41-43H,3-22,24,26-28H2,1-2H3,(H,37,40)/b25-23+/t29-,30+,31?,33-,34?,35?,36+/m0/s1. The fourth-order valence-corrected chi connectivity index (χ4v) is 5.80. The van der Waals surface area contributed by atoms with Crippen LogP contribution in [0.2, 0.25) is 0 Å². The van der Waals surface area contributed by atoms with E-state index in [1.165, 1.54) is 96.3 Å². The fourth-order valence-electron chi connectivity index (χ4n) is 5.80. The number of amides is 1. The minimum atomic E-state index is -1.56. The van der Waals surface area contributed by atoms with E-state index in [2.05, 4.69) is 19.2 Å². The minimum Gasteiger partial charge on any atom is -0.394 e. The van der Waals surface area contributed by atoms with Crippen LogP contribution in [0.5, 0.6) is 0 Å². The molecule has 0 aromatic carbocycles. The maximum absolute atomic E-state index is 12.8. The highest BCUT2D eigenvalue weighted by atomic mass is 16.7. The summed E-state index contributed by atoms with van der Waals surface area (Å²) in [6.45, 7) is 3.71. The number of hydrogen-bond donors (Lipinski definition) is 6. The highest BCUT2D eigenvalue weighted by Crippen LogP contribution is 2.22. The smallest absolute Gasteiger partial charge is 0.220 e. The molecule has 6 N–H and O–H groups in total. The molecule has 45 heavy (non-hydrogen) atoms. The molecule has 1 amide bonds. The van der Waals surface area contributed by atoms with E-state index < -0.39 is 49.5 Å². The van der Waals surface area contributed by atoms with Gasteiger partial charge in [0.1, 0.15) is 24.4 Å². The van der Waals surface area contributed by atoms with Gasteiger partial charge in [-0.3, -0.25) is 4.79 Å². The summed E-state index contributed by atoms with van der Waals surface area (Å²) in [5.41, 5.74) is 0. The number of aliphatic hydroxyl groups is 5. The van der Waals surface area contributed by atoms with E-state index in [1.807, 2.05) is 6.08 Å². The van der Waals surface area contributed by atoms with Crippen molar-refractivity contribution < 1.29 is 39.8 Å². The first kappa shape index (κ1) is 42.0. The maximum atomic E-state index is 12.8. The number of aliphatic hydroxyl groups excluding tert-OH is 5. The van der Waals surface area contributed by atoms with Crippen molar-refractivity contribution in [3.05, 3.63) is 12.2 Å². The molecule has 1 aliphatic rings. The largest absolute Gasteiger partial charge is 0.394 e. The van der Waals surface area contributed by atoms with Crippen LogP contribution in [0.3, 0.4) is 0 Å². The molecule has 3 unspecified atom stereocenters. The zero-order valence-electron chi connectivity index (χ0n) is 28.6.